The molecule has 0 saturated heterocycles. The minimum atomic E-state index is -1.08. The van der Waals surface area contributed by atoms with E-state index in [1.54, 1.807) is 12.3 Å². The summed E-state index contributed by atoms with van der Waals surface area (Å²) in [6, 6.07) is 13.0. The lowest BCUT2D eigenvalue weighted by Crippen LogP contribution is -1.97. The zero-order valence-electron chi connectivity index (χ0n) is 10.4. The zero-order chi connectivity index (χ0) is 14.1. The van der Waals surface area contributed by atoms with Gasteiger partial charge in [0.2, 0.25) is 0 Å². The predicted octanol–water partition coefficient (Wildman–Crippen LogP) is 3.74. The number of hydrogen-bond donors (Lipinski definition) is 1. The van der Waals surface area contributed by atoms with Crippen LogP contribution in [0.4, 0.5) is 4.39 Å². The summed E-state index contributed by atoms with van der Waals surface area (Å²) in [6.07, 6.45) is 1.55. The van der Waals surface area contributed by atoms with Crippen molar-refractivity contribution in [2.75, 3.05) is 0 Å². The fourth-order valence-corrected chi connectivity index (χ4v) is 2.10. The lowest BCUT2D eigenvalue weighted by Gasteiger charge is -2.06. The van der Waals surface area contributed by atoms with Crippen LogP contribution >= 0.6 is 0 Å². The Morgan fingerprint density at radius 3 is 2.70 bits per heavy atom. The highest BCUT2D eigenvalue weighted by Crippen LogP contribution is 2.26. The van der Waals surface area contributed by atoms with Crippen LogP contribution in [-0.4, -0.2) is 16.1 Å². The van der Waals surface area contributed by atoms with E-state index in [4.69, 9.17) is 5.11 Å². The number of carboxylic acids is 1. The van der Waals surface area contributed by atoms with Crippen LogP contribution in [0.5, 0.6) is 0 Å². The highest BCUT2D eigenvalue weighted by molar-refractivity contribution is 5.90. The van der Waals surface area contributed by atoms with Gasteiger partial charge >= 0.3 is 5.97 Å². The molecule has 1 heterocycles. The number of halogens is 1. The van der Waals surface area contributed by atoms with Gasteiger partial charge in [-0.05, 0) is 30.3 Å². The molecular weight excluding hydrogens is 257 g/mol. The maximum Gasteiger partial charge on any atom is 0.335 e. The minimum absolute atomic E-state index is 0.0505. The molecule has 0 aliphatic carbocycles. The van der Waals surface area contributed by atoms with E-state index in [0.717, 1.165) is 17.0 Å². The largest absolute Gasteiger partial charge is 0.478 e. The summed E-state index contributed by atoms with van der Waals surface area (Å²) in [4.78, 5) is 15.2. The fraction of sp³-hybridized carbons (Fsp3) is 0. The van der Waals surface area contributed by atoms with Crippen LogP contribution in [0.3, 0.4) is 0 Å². The normalized spacial score (nSPS) is 10.7. The highest BCUT2D eigenvalue weighted by atomic mass is 19.1. The van der Waals surface area contributed by atoms with Crippen molar-refractivity contribution in [1.82, 2.24) is 4.98 Å². The Labute approximate surface area is 114 Å². The van der Waals surface area contributed by atoms with Gasteiger partial charge in [-0.2, -0.15) is 0 Å². The molecule has 0 amide bonds. The standard InChI is InChI=1S/C16H10FNO2/c17-14-6-5-11(16(19)20)8-13(14)12-7-10-3-1-2-4-15(10)18-9-12/h1-9H,(H,19,20). The molecule has 2 aromatic carbocycles. The van der Waals surface area contributed by atoms with Crippen molar-refractivity contribution in [1.29, 1.82) is 0 Å². The molecule has 20 heavy (non-hydrogen) atoms. The minimum Gasteiger partial charge on any atom is -0.478 e. The number of rotatable bonds is 2. The van der Waals surface area contributed by atoms with Crippen LogP contribution in [0.2, 0.25) is 0 Å². The quantitative estimate of drug-likeness (QED) is 0.769. The molecule has 1 N–H and O–H groups in total. The van der Waals surface area contributed by atoms with Crippen molar-refractivity contribution >= 4 is 16.9 Å². The average molecular weight is 267 g/mol. The van der Waals surface area contributed by atoms with E-state index in [1.165, 1.54) is 12.1 Å². The number of carbonyl (C=O) groups is 1. The number of pyridine rings is 1. The molecule has 0 aliphatic heterocycles. The summed E-state index contributed by atoms with van der Waals surface area (Å²) in [5.41, 5.74) is 1.66. The Morgan fingerprint density at radius 2 is 1.90 bits per heavy atom. The van der Waals surface area contributed by atoms with Gasteiger partial charge in [-0.15, -0.1) is 0 Å². The first-order valence-corrected chi connectivity index (χ1v) is 6.03. The van der Waals surface area contributed by atoms with Crippen molar-refractivity contribution in [3.05, 3.63) is 66.1 Å². The second-order valence-corrected chi connectivity index (χ2v) is 4.42. The van der Waals surface area contributed by atoms with E-state index >= 15 is 0 Å². The Bertz CT molecular complexity index is 814. The van der Waals surface area contributed by atoms with E-state index in [-0.39, 0.29) is 11.1 Å². The van der Waals surface area contributed by atoms with Crippen LogP contribution < -0.4 is 0 Å². The van der Waals surface area contributed by atoms with Crippen LogP contribution in [-0.2, 0) is 0 Å². The van der Waals surface area contributed by atoms with Crippen LogP contribution in [0, 0.1) is 5.82 Å². The van der Waals surface area contributed by atoms with Gasteiger partial charge in [-0.25, -0.2) is 9.18 Å². The number of para-hydroxylation sites is 1. The van der Waals surface area contributed by atoms with Gasteiger partial charge in [0.15, 0.2) is 0 Å². The molecule has 1 aromatic heterocycles. The highest BCUT2D eigenvalue weighted by Gasteiger charge is 2.11. The molecule has 4 heteroatoms. The summed E-state index contributed by atoms with van der Waals surface area (Å²) >= 11 is 0. The Kier molecular flexibility index (Phi) is 2.91. The van der Waals surface area contributed by atoms with Crippen molar-refractivity contribution < 1.29 is 14.3 Å². The van der Waals surface area contributed by atoms with Gasteiger partial charge in [0.25, 0.3) is 0 Å². The maximum atomic E-state index is 13.9. The number of nitrogens with zero attached hydrogens (tertiary/aromatic N) is 1. The van der Waals surface area contributed by atoms with Crippen molar-refractivity contribution in [2.24, 2.45) is 0 Å². The Balaban J connectivity index is 2.19. The van der Waals surface area contributed by atoms with Gasteiger partial charge in [0.1, 0.15) is 5.82 Å². The molecule has 0 aliphatic rings. The third-order valence-corrected chi connectivity index (χ3v) is 3.11. The Hall–Kier alpha value is -2.75. The van der Waals surface area contributed by atoms with Gasteiger partial charge in [-0.1, -0.05) is 18.2 Å². The first-order chi connectivity index (χ1) is 9.65. The van der Waals surface area contributed by atoms with Gasteiger partial charge < -0.3 is 5.11 Å². The second kappa shape index (κ2) is 4.74. The molecule has 0 atom stereocenters. The molecule has 0 radical (unpaired) electrons. The molecular formula is C16H10FNO2. The molecule has 3 nitrogen and oxygen atoms in total. The average Bonchev–Trinajstić information content (AvgIpc) is 2.47. The van der Waals surface area contributed by atoms with Crippen LogP contribution in [0.15, 0.2) is 54.7 Å². The smallest absolute Gasteiger partial charge is 0.335 e. The molecule has 0 bridgehead atoms. The molecule has 0 unspecified atom stereocenters. The first kappa shape index (κ1) is 12.3. The van der Waals surface area contributed by atoms with Crippen molar-refractivity contribution in [3.8, 4) is 11.1 Å². The van der Waals surface area contributed by atoms with Crippen LogP contribution in [0.25, 0.3) is 22.0 Å². The van der Waals surface area contributed by atoms with E-state index in [0.29, 0.717) is 5.56 Å². The summed E-state index contributed by atoms with van der Waals surface area (Å²) in [6.45, 7) is 0. The summed E-state index contributed by atoms with van der Waals surface area (Å²) < 4.78 is 13.9. The van der Waals surface area contributed by atoms with Gasteiger partial charge in [0.05, 0.1) is 11.1 Å². The van der Waals surface area contributed by atoms with E-state index in [1.807, 2.05) is 24.3 Å². The SMILES string of the molecule is O=C(O)c1ccc(F)c(-c2cnc3ccccc3c2)c1. The summed E-state index contributed by atoms with van der Waals surface area (Å²) in [5.74, 6) is -1.55. The molecule has 0 spiro atoms. The van der Waals surface area contributed by atoms with Crippen molar-refractivity contribution in [3.63, 3.8) is 0 Å². The van der Waals surface area contributed by atoms with E-state index in [9.17, 15) is 9.18 Å². The number of aromatic nitrogens is 1. The van der Waals surface area contributed by atoms with E-state index < -0.39 is 11.8 Å². The predicted molar refractivity (Wildman–Crippen MR) is 74.1 cm³/mol. The summed E-state index contributed by atoms with van der Waals surface area (Å²) in [7, 11) is 0. The third kappa shape index (κ3) is 2.12. The number of hydrogen-bond acceptors (Lipinski definition) is 2. The lowest BCUT2D eigenvalue weighted by molar-refractivity contribution is 0.0697. The molecule has 98 valence electrons. The Morgan fingerprint density at radius 1 is 1.10 bits per heavy atom. The number of carboxylic acid groups (broad SMARTS) is 1. The molecule has 3 rings (SSSR count). The van der Waals surface area contributed by atoms with Gasteiger partial charge in [-0.3, -0.25) is 4.98 Å². The van der Waals surface area contributed by atoms with Crippen molar-refractivity contribution in [2.45, 2.75) is 0 Å². The second-order valence-electron chi connectivity index (χ2n) is 4.42. The summed E-state index contributed by atoms with van der Waals surface area (Å²) in [5, 5.41) is 9.86. The molecule has 0 saturated carbocycles. The fourth-order valence-electron chi connectivity index (χ4n) is 2.10. The van der Waals surface area contributed by atoms with Gasteiger partial charge in [0, 0.05) is 22.7 Å². The van der Waals surface area contributed by atoms with Crippen LogP contribution in [0.1, 0.15) is 10.4 Å². The first-order valence-electron chi connectivity index (χ1n) is 6.03. The number of fused-ring (bicyclic) bond motifs is 1. The monoisotopic (exact) mass is 267 g/mol. The molecule has 0 fully saturated rings. The molecule has 3 aromatic rings. The maximum absolute atomic E-state index is 13.9. The zero-order valence-corrected chi connectivity index (χ0v) is 10.4. The lowest BCUT2D eigenvalue weighted by atomic mass is 10.0. The number of benzene rings is 2. The topological polar surface area (TPSA) is 50.2 Å². The number of aromatic carboxylic acids is 1. The van der Waals surface area contributed by atoms with E-state index in [2.05, 4.69) is 4.98 Å². The third-order valence-electron chi connectivity index (χ3n) is 3.11.